The van der Waals surface area contributed by atoms with E-state index in [2.05, 4.69) is 16.1 Å². The van der Waals surface area contributed by atoms with Gasteiger partial charge in [0, 0.05) is 17.4 Å². The molecule has 1 aliphatic rings. The highest BCUT2D eigenvalue weighted by atomic mass is 32.2. The van der Waals surface area contributed by atoms with E-state index in [4.69, 9.17) is 19.5 Å². The molecule has 0 aromatic heterocycles. The first-order chi connectivity index (χ1) is 16.4. The molecule has 174 valence electrons. The van der Waals surface area contributed by atoms with Crippen LogP contribution in [0.2, 0.25) is 0 Å². The molecular weight excluding hydrogens is 458 g/mol. The molecule has 1 heterocycles. The zero-order valence-electron chi connectivity index (χ0n) is 18.0. The molecule has 34 heavy (non-hydrogen) atoms. The summed E-state index contributed by atoms with van der Waals surface area (Å²) in [5, 5.41) is 11.4. The van der Waals surface area contributed by atoms with Crippen molar-refractivity contribution in [2.75, 3.05) is 29.9 Å². The minimum atomic E-state index is -3.84. The summed E-state index contributed by atoms with van der Waals surface area (Å²) in [5.74, 6) is 1.03. The van der Waals surface area contributed by atoms with Crippen LogP contribution < -0.4 is 24.2 Å². The van der Waals surface area contributed by atoms with E-state index in [1.54, 1.807) is 54.6 Å². The predicted octanol–water partition coefficient (Wildman–Crippen LogP) is 3.34. The Morgan fingerprint density at radius 1 is 0.941 bits per heavy atom. The Morgan fingerprint density at radius 2 is 1.62 bits per heavy atom. The normalized spacial score (nSPS) is 12.3. The molecule has 3 aromatic rings. The minimum absolute atomic E-state index is 0.0481. The molecule has 4 rings (SSSR count). The van der Waals surface area contributed by atoms with Gasteiger partial charge < -0.3 is 19.5 Å². The second-order valence-electron chi connectivity index (χ2n) is 7.30. The number of amides is 1. The lowest BCUT2D eigenvalue weighted by molar-refractivity contribution is -0.118. The molecule has 0 fully saturated rings. The third-order valence-corrected chi connectivity index (χ3v) is 6.20. The van der Waals surface area contributed by atoms with Crippen LogP contribution in [0.25, 0.3) is 0 Å². The van der Waals surface area contributed by atoms with Crippen LogP contribution in [0.3, 0.4) is 0 Å². The summed E-state index contributed by atoms with van der Waals surface area (Å²) < 4.78 is 44.2. The second kappa shape index (κ2) is 10.1. The van der Waals surface area contributed by atoms with E-state index in [-0.39, 0.29) is 17.4 Å². The van der Waals surface area contributed by atoms with Crippen molar-refractivity contribution in [3.63, 3.8) is 0 Å². The molecule has 10 heteroatoms. The van der Waals surface area contributed by atoms with Crippen molar-refractivity contribution in [2.45, 2.75) is 11.3 Å². The molecular formula is C24H21N3O6S. The highest BCUT2D eigenvalue weighted by Gasteiger charge is 2.19. The van der Waals surface area contributed by atoms with Crippen molar-refractivity contribution in [1.82, 2.24) is 0 Å². The van der Waals surface area contributed by atoms with Gasteiger partial charge in [0.1, 0.15) is 19.0 Å². The summed E-state index contributed by atoms with van der Waals surface area (Å²) in [6.45, 7) is 0.579. The van der Waals surface area contributed by atoms with Gasteiger partial charge in [-0.15, -0.1) is 0 Å². The van der Waals surface area contributed by atoms with Gasteiger partial charge in [0.25, 0.3) is 15.9 Å². The third kappa shape index (κ3) is 5.76. The number of sulfonamides is 1. The van der Waals surface area contributed by atoms with Gasteiger partial charge in [-0.05, 0) is 54.1 Å². The molecule has 0 atom stereocenters. The number of hydrogen-bond donors (Lipinski definition) is 2. The topological polar surface area (TPSA) is 127 Å². The fraction of sp³-hybridized carbons (Fsp3) is 0.167. The van der Waals surface area contributed by atoms with Crippen LogP contribution >= 0.6 is 0 Å². The number of ether oxygens (including phenoxy) is 3. The Morgan fingerprint density at radius 3 is 2.32 bits per heavy atom. The van der Waals surface area contributed by atoms with Crippen molar-refractivity contribution in [3.8, 4) is 23.3 Å². The maximum Gasteiger partial charge on any atom is 0.262 e. The Kier molecular flexibility index (Phi) is 6.85. The van der Waals surface area contributed by atoms with Crippen LogP contribution in [-0.2, 0) is 21.2 Å². The number of carbonyl (C=O) groups is 1. The Balaban J connectivity index is 1.32. The number of carbonyl (C=O) groups excluding carboxylic acids is 1. The van der Waals surface area contributed by atoms with Crippen molar-refractivity contribution >= 4 is 27.3 Å². The number of nitriles is 1. The summed E-state index contributed by atoms with van der Waals surface area (Å²) in [6, 6.07) is 19.7. The average molecular weight is 480 g/mol. The molecule has 0 saturated heterocycles. The first-order valence-electron chi connectivity index (χ1n) is 10.3. The van der Waals surface area contributed by atoms with Crippen LogP contribution in [0.5, 0.6) is 17.2 Å². The van der Waals surface area contributed by atoms with Crippen LogP contribution in [0.4, 0.5) is 11.4 Å². The van der Waals surface area contributed by atoms with E-state index in [1.807, 2.05) is 0 Å². The van der Waals surface area contributed by atoms with E-state index < -0.39 is 10.0 Å². The molecule has 0 aliphatic carbocycles. The van der Waals surface area contributed by atoms with E-state index in [9.17, 15) is 13.2 Å². The monoisotopic (exact) mass is 479 g/mol. The van der Waals surface area contributed by atoms with Gasteiger partial charge in [-0.3, -0.25) is 9.52 Å². The fourth-order valence-corrected chi connectivity index (χ4v) is 4.24. The van der Waals surface area contributed by atoms with E-state index in [0.717, 1.165) is 5.56 Å². The first-order valence-corrected chi connectivity index (χ1v) is 11.8. The fourth-order valence-electron chi connectivity index (χ4n) is 3.17. The van der Waals surface area contributed by atoms with Crippen LogP contribution in [-0.4, -0.2) is 34.1 Å². The maximum absolute atomic E-state index is 12.7. The molecule has 0 radical (unpaired) electrons. The molecule has 2 N–H and O–H groups in total. The van der Waals surface area contributed by atoms with Gasteiger partial charge in [0.05, 0.1) is 17.4 Å². The van der Waals surface area contributed by atoms with Gasteiger partial charge in [-0.1, -0.05) is 12.1 Å². The lowest BCUT2D eigenvalue weighted by atomic mass is 10.2. The summed E-state index contributed by atoms with van der Waals surface area (Å²) in [7, 11) is -3.84. The van der Waals surface area contributed by atoms with Gasteiger partial charge in [-0.25, -0.2) is 8.42 Å². The molecule has 0 spiro atoms. The molecule has 1 amide bonds. The number of hydrogen-bond acceptors (Lipinski definition) is 7. The smallest absolute Gasteiger partial charge is 0.262 e. The summed E-state index contributed by atoms with van der Waals surface area (Å²) >= 11 is 0. The van der Waals surface area contributed by atoms with Gasteiger partial charge >= 0.3 is 0 Å². The molecule has 1 aliphatic heterocycles. The summed E-state index contributed by atoms with van der Waals surface area (Å²) in [6.07, 6.45) is 0.309. The summed E-state index contributed by atoms with van der Waals surface area (Å²) in [4.78, 5) is 12.2. The Labute approximate surface area is 196 Å². The van der Waals surface area contributed by atoms with Crippen LogP contribution in [0, 0.1) is 11.3 Å². The molecule has 3 aromatic carbocycles. The maximum atomic E-state index is 12.7. The zero-order valence-corrected chi connectivity index (χ0v) is 18.8. The van der Waals surface area contributed by atoms with Crippen LogP contribution in [0.15, 0.2) is 71.6 Å². The number of nitrogens with one attached hydrogen (secondary N) is 2. The Hall–Kier alpha value is -4.23. The first kappa shape index (κ1) is 22.9. The van der Waals surface area contributed by atoms with E-state index >= 15 is 0 Å². The predicted molar refractivity (Wildman–Crippen MR) is 125 cm³/mol. The van der Waals surface area contributed by atoms with Gasteiger partial charge in [-0.2, -0.15) is 5.26 Å². The zero-order chi connectivity index (χ0) is 24.0. The SMILES string of the molecule is N#CCc1ccc(OCC(=O)Nc2ccc(NS(=O)(=O)c3ccc4c(c3)OCCO4)cc2)cc1. The lowest BCUT2D eigenvalue weighted by Crippen LogP contribution is -2.20. The van der Waals surface area contributed by atoms with Crippen molar-refractivity contribution in [2.24, 2.45) is 0 Å². The van der Waals surface area contributed by atoms with Crippen molar-refractivity contribution in [1.29, 1.82) is 5.26 Å². The van der Waals surface area contributed by atoms with E-state index in [1.165, 1.54) is 12.1 Å². The average Bonchev–Trinajstić information content (AvgIpc) is 2.84. The number of nitrogens with zero attached hydrogens (tertiary/aromatic N) is 1. The minimum Gasteiger partial charge on any atom is -0.486 e. The van der Waals surface area contributed by atoms with Crippen LogP contribution in [0.1, 0.15) is 5.56 Å². The molecule has 0 saturated carbocycles. The quantitative estimate of drug-likeness (QED) is 0.507. The third-order valence-electron chi connectivity index (χ3n) is 4.82. The highest BCUT2D eigenvalue weighted by molar-refractivity contribution is 7.92. The number of rotatable bonds is 8. The van der Waals surface area contributed by atoms with Gasteiger partial charge in [0.2, 0.25) is 0 Å². The molecule has 0 bridgehead atoms. The van der Waals surface area contributed by atoms with Crippen molar-refractivity contribution in [3.05, 3.63) is 72.3 Å². The number of fused-ring (bicyclic) bond motifs is 1. The molecule has 9 nitrogen and oxygen atoms in total. The largest absolute Gasteiger partial charge is 0.486 e. The molecule has 0 unspecified atom stereocenters. The standard InChI is InChI=1S/C24H21N3O6S/c25-12-11-17-1-7-20(8-2-17)33-16-24(28)26-18-3-5-19(6-4-18)27-34(29,30)21-9-10-22-23(15-21)32-14-13-31-22/h1-10,15,27H,11,13-14,16H2,(H,26,28). The highest BCUT2D eigenvalue weighted by Crippen LogP contribution is 2.32. The van der Waals surface area contributed by atoms with E-state index in [0.29, 0.717) is 48.3 Å². The van der Waals surface area contributed by atoms with Crippen molar-refractivity contribution < 1.29 is 27.4 Å². The number of benzene rings is 3. The second-order valence-corrected chi connectivity index (χ2v) is 8.99. The number of anilines is 2. The Bertz CT molecular complexity index is 1320. The van der Waals surface area contributed by atoms with Gasteiger partial charge in [0.15, 0.2) is 18.1 Å². The lowest BCUT2D eigenvalue weighted by Gasteiger charge is -2.19. The summed E-state index contributed by atoms with van der Waals surface area (Å²) in [5.41, 5.74) is 1.69.